The smallest absolute Gasteiger partial charge is 0.0425 e. The maximum Gasteiger partial charge on any atom is 0.0425 e. The Morgan fingerprint density at radius 2 is 1.00 bits per heavy atom. The number of benzene rings is 2. The predicted octanol–water partition coefficient (Wildman–Crippen LogP) is 3.78. The Hall–Kier alpha value is -1.25. The Balaban J connectivity index is 1.69. The maximum atomic E-state index is 10.6. The largest absolute Gasteiger partial charge is 0.688 e. The van der Waals surface area contributed by atoms with Crippen molar-refractivity contribution < 1.29 is 14.7 Å². The summed E-state index contributed by atoms with van der Waals surface area (Å²) in [6, 6.07) is 21.4. The van der Waals surface area contributed by atoms with Crippen LogP contribution >= 0.6 is 7.94 Å². The van der Waals surface area contributed by atoms with Crippen molar-refractivity contribution >= 4 is 7.94 Å². The molecule has 0 N–H and O–H groups in total. The minimum absolute atomic E-state index is 0.192. The molecule has 0 saturated heterocycles. The number of hydrogen-bond acceptors (Lipinski definition) is 3. The van der Waals surface area contributed by atoms with Gasteiger partial charge in [0, 0.05) is 12.1 Å². The second kappa shape index (κ2) is 11.5. The monoisotopic (exact) mass is 372 g/mol. The molecule has 142 valence electrons. The Labute approximate surface area is 158 Å². The highest BCUT2D eigenvalue weighted by molar-refractivity contribution is 7.54. The van der Waals surface area contributed by atoms with E-state index in [4.69, 9.17) is 0 Å². The van der Waals surface area contributed by atoms with Crippen molar-refractivity contribution in [1.82, 2.24) is 0 Å². The fraction of sp³-hybridized carbons (Fsp3) is 0.455. The average molecular weight is 372 g/mol. The van der Waals surface area contributed by atoms with Crippen molar-refractivity contribution in [3.05, 3.63) is 71.8 Å². The fourth-order valence-corrected chi connectivity index (χ4v) is 4.05. The van der Waals surface area contributed by atoms with Gasteiger partial charge in [0.1, 0.15) is 0 Å². The molecule has 0 spiro atoms. The summed E-state index contributed by atoms with van der Waals surface area (Å²) in [5, 5.41) is 0. The van der Waals surface area contributed by atoms with E-state index in [2.05, 4.69) is 60.7 Å². The van der Waals surface area contributed by atoms with Crippen LogP contribution in [0, 0.1) is 0 Å². The molecule has 0 bridgehead atoms. The van der Waals surface area contributed by atoms with Gasteiger partial charge in [0.25, 0.3) is 0 Å². The standard InChI is InChI=1S/C22H31O3P/c23-26(24,25)19-13-5-3-1-2-4-12-18-22(20-14-8-6-9-15-20)21-16-10-7-11-17-21/h6-11,14-17,22H,1-5,12-13,18-19H2,(H2,23,24,25)/p-2. The van der Waals surface area contributed by atoms with Gasteiger partial charge in [0.15, 0.2) is 0 Å². The lowest BCUT2D eigenvalue weighted by molar-refractivity contribution is -0.427. The minimum atomic E-state index is -4.30. The Morgan fingerprint density at radius 1 is 0.577 bits per heavy atom. The molecule has 0 aromatic heterocycles. The normalized spacial score (nSPS) is 11.8. The highest BCUT2D eigenvalue weighted by Crippen LogP contribution is 2.31. The number of unbranched alkanes of at least 4 members (excludes halogenated alkanes) is 6. The van der Waals surface area contributed by atoms with Gasteiger partial charge in [-0.05, 0) is 30.4 Å². The molecule has 2 aromatic carbocycles. The highest BCUT2D eigenvalue weighted by Gasteiger charge is 2.13. The van der Waals surface area contributed by atoms with E-state index in [9.17, 15) is 14.7 Å². The van der Waals surface area contributed by atoms with Crippen LogP contribution in [0.3, 0.4) is 0 Å². The summed E-state index contributed by atoms with van der Waals surface area (Å²) in [6.45, 7) is 0. The summed E-state index contributed by atoms with van der Waals surface area (Å²) in [7, 11) is -4.30. The third-order valence-electron chi connectivity index (χ3n) is 4.83. The first-order chi connectivity index (χ1) is 12.6. The summed E-state index contributed by atoms with van der Waals surface area (Å²) in [4.78, 5) is 31.7. The third-order valence-corrected chi connectivity index (χ3v) is 5.69. The first-order valence-electron chi connectivity index (χ1n) is 9.67. The maximum absolute atomic E-state index is 10.6. The van der Waals surface area contributed by atoms with Crippen LogP contribution in [0.15, 0.2) is 60.7 Å². The molecule has 0 atom stereocenters. The number of rotatable bonds is 12. The zero-order chi connectivity index (χ0) is 18.7. The molecule has 2 rings (SSSR count). The predicted molar refractivity (Wildman–Crippen MR) is 103 cm³/mol. The van der Waals surface area contributed by atoms with Crippen LogP contribution < -0.4 is 14.7 Å². The fourth-order valence-electron chi connectivity index (χ4n) is 3.43. The third kappa shape index (κ3) is 8.42. The van der Waals surface area contributed by atoms with Crippen LogP contribution in [0.1, 0.15) is 68.4 Å². The van der Waals surface area contributed by atoms with E-state index >= 15 is 0 Å². The lowest BCUT2D eigenvalue weighted by Gasteiger charge is -2.42. The topological polar surface area (TPSA) is 69.2 Å². The summed E-state index contributed by atoms with van der Waals surface area (Å²) < 4.78 is 0. The summed E-state index contributed by atoms with van der Waals surface area (Å²) in [5.74, 6) is 0.445. The summed E-state index contributed by atoms with van der Waals surface area (Å²) in [6.07, 6.45) is 7.97. The van der Waals surface area contributed by atoms with Crippen molar-refractivity contribution in [2.45, 2.75) is 57.3 Å². The zero-order valence-corrected chi connectivity index (χ0v) is 16.3. The van der Waals surface area contributed by atoms with E-state index in [1.165, 1.54) is 30.4 Å². The second-order valence-electron chi connectivity index (χ2n) is 6.97. The van der Waals surface area contributed by atoms with Crippen LogP contribution in [0.5, 0.6) is 0 Å². The molecule has 0 aliphatic rings. The molecule has 2 aromatic rings. The van der Waals surface area contributed by atoms with Gasteiger partial charge in [-0.3, -0.25) is 0 Å². The first-order valence-corrected chi connectivity index (χ1v) is 11.4. The highest BCUT2D eigenvalue weighted by atomic mass is 31.2. The minimum Gasteiger partial charge on any atom is -0.688 e. The van der Waals surface area contributed by atoms with Crippen LogP contribution in [0.4, 0.5) is 0 Å². The molecule has 0 fully saturated rings. The Morgan fingerprint density at radius 3 is 1.46 bits per heavy atom. The molecule has 0 aliphatic heterocycles. The molecule has 0 aliphatic carbocycles. The van der Waals surface area contributed by atoms with Gasteiger partial charge in [0.05, 0.1) is 0 Å². The van der Waals surface area contributed by atoms with Crippen LogP contribution in [0.2, 0.25) is 0 Å². The molecule has 26 heavy (non-hydrogen) atoms. The van der Waals surface area contributed by atoms with Crippen molar-refractivity contribution in [3.8, 4) is 0 Å². The van der Waals surface area contributed by atoms with Gasteiger partial charge >= 0.3 is 0 Å². The van der Waals surface area contributed by atoms with Crippen molar-refractivity contribution in [2.75, 3.05) is 6.16 Å². The molecule has 0 amide bonds. The van der Waals surface area contributed by atoms with Crippen molar-refractivity contribution in [3.63, 3.8) is 0 Å². The Kier molecular flexibility index (Phi) is 9.28. The first kappa shape index (κ1) is 21.1. The van der Waals surface area contributed by atoms with E-state index in [-0.39, 0.29) is 6.16 Å². The van der Waals surface area contributed by atoms with Crippen LogP contribution in [-0.4, -0.2) is 6.16 Å². The average Bonchev–Trinajstić information content (AvgIpc) is 2.64. The molecule has 0 saturated carbocycles. The molecular formula is C22H29O3P-2. The van der Waals surface area contributed by atoms with E-state index in [1.807, 2.05) is 0 Å². The van der Waals surface area contributed by atoms with Gasteiger partial charge in [-0.1, -0.05) is 92.8 Å². The molecular weight excluding hydrogens is 343 g/mol. The zero-order valence-electron chi connectivity index (χ0n) is 15.4. The molecule has 0 unspecified atom stereocenters. The van der Waals surface area contributed by atoms with E-state index in [1.54, 1.807) is 0 Å². The van der Waals surface area contributed by atoms with Gasteiger partial charge < -0.3 is 14.7 Å². The number of hydrogen-bond donors (Lipinski definition) is 0. The van der Waals surface area contributed by atoms with E-state index < -0.39 is 7.94 Å². The van der Waals surface area contributed by atoms with Crippen LogP contribution in [-0.2, 0) is 0 Å². The van der Waals surface area contributed by atoms with Crippen molar-refractivity contribution in [2.24, 2.45) is 0 Å². The van der Waals surface area contributed by atoms with Gasteiger partial charge in [0.2, 0.25) is 0 Å². The molecule has 0 heterocycles. The van der Waals surface area contributed by atoms with E-state index in [0.29, 0.717) is 12.3 Å². The summed E-state index contributed by atoms with van der Waals surface area (Å²) in [5.41, 5.74) is 2.75. The molecule has 4 heteroatoms. The van der Waals surface area contributed by atoms with Gasteiger partial charge in [-0.25, -0.2) is 0 Å². The van der Waals surface area contributed by atoms with E-state index in [0.717, 1.165) is 25.7 Å². The lowest BCUT2D eigenvalue weighted by Crippen LogP contribution is -2.34. The molecule has 3 nitrogen and oxygen atoms in total. The second-order valence-corrected chi connectivity index (χ2v) is 8.64. The molecule has 0 radical (unpaired) electrons. The van der Waals surface area contributed by atoms with Crippen LogP contribution in [0.25, 0.3) is 0 Å². The SMILES string of the molecule is [O-][P+]([O-])([O-])CCCCCCCCCC(c1ccccc1)c1ccccc1. The quantitative estimate of drug-likeness (QED) is 0.420. The Bertz CT molecular complexity index is 556. The summed E-state index contributed by atoms with van der Waals surface area (Å²) >= 11 is 0. The van der Waals surface area contributed by atoms with Crippen molar-refractivity contribution in [1.29, 1.82) is 0 Å². The lowest BCUT2D eigenvalue weighted by atomic mass is 9.87. The van der Waals surface area contributed by atoms with Gasteiger partial charge in [-0.2, -0.15) is 7.94 Å². The van der Waals surface area contributed by atoms with Gasteiger partial charge in [-0.15, -0.1) is 0 Å².